The number of nitrogens with one attached hydrogen (secondary N) is 3. The van der Waals surface area contributed by atoms with E-state index in [0.717, 1.165) is 36.6 Å². The van der Waals surface area contributed by atoms with Crippen LogP contribution >= 0.6 is 0 Å². The lowest BCUT2D eigenvalue weighted by molar-refractivity contribution is -0.122. The standard InChI is InChI=1S/C18H28N4O/c1-13(2)11-20-18(19-3)21-12-14-6-4-9-16(10-14)22-17(23)15-7-5-8-15/h4,6,9-10,13,15H,5,7-8,11-12H2,1-3H3,(H,22,23)(H2,19,20,21). The Kier molecular flexibility index (Phi) is 6.44. The van der Waals surface area contributed by atoms with Gasteiger partial charge in [-0.1, -0.05) is 32.4 Å². The van der Waals surface area contributed by atoms with Gasteiger partial charge >= 0.3 is 0 Å². The fraction of sp³-hybridized carbons (Fsp3) is 0.556. The maximum absolute atomic E-state index is 12.0. The van der Waals surface area contributed by atoms with Crippen LogP contribution in [0.5, 0.6) is 0 Å². The molecule has 0 saturated heterocycles. The number of anilines is 1. The third-order valence-electron chi connectivity index (χ3n) is 4.03. The molecule has 1 aromatic rings. The topological polar surface area (TPSA) is 65.5 Å². The molecular weight excluding hydrogens is 288 g/mol. The second kappa shape index (κ2) is 8.56. The van der Waals surface area contributed by atoms with Crippen molar-refractivity contribution in [1.29, 1.82) is 0 Å². The van der Waals surface area contributed by atoms with E-state index in [1.165, 1.54) is 6.42 Å². The van der Waals surface area contributed by atoms with E-state index in [-0.39, 0.29) is 11.8 Å². The molecule has 126 valence electrons. The number of amides is 1. The number of benzene rings is 1. The van der Waals surface area contributed by atoms with Crippen molar-refractivity contribution >= 4 is 17.6 Å². The van der Waals surface area contributed by atoms with E-state index < -0.39 is 0 Å². The average molecular weight is 316 g/mol. The van der Waals surface area contributed by atoms with Gasteiger partial charge in [-0.2, -0.15) is 0 Å². The van der Waals surface area contributed by atoms with E-state index in [1.807, 2.05) is 24.3 Å². The third kappa shape index (κ3) is 5.58. The molecule has 5 heteroatoms. The summed E-state index contributed by atoms with van der Waals surface area (Å²) in [6.07, 6.45) is 3.21. The number of aliphatic imine (C=N–C) groups is 1. The normalized spacial score (nSPS) is 15.2. The number of nitrogens with zero attached hydrogens (tertiary/aromatic N) is 1. The fourth-order valence-electron chi connectivity index (χ4n) is 2.38. The van der Waals surface area contributed by atoms with Crippen LogP contribution in [0, 0.1) is 11.8 Å². The van der Waals surface area contributed by atoms with Gasteiger partial charge in [-0.3, -0.25) is 9.79 Å². The number of hydrogen-bond donors (Lipinski definition) is 3. The smallest absolute Gasteiger partial charge is 0.227 e. The lowest BCUT2D eigenvalue weighted by Gasteiger charge is -2.24. The van der Waals surface area contributed by atoms with E-state index in [1.54, 1.807) is 7.05 Å². The number of carbonyl (C=O) groups excluding carboxylic acids is 1. The molecule has 1 amide bonds. The van der Waals surface area contributed by atoms with Crippen LogP contribution in [-0.4, -0.2) is 25.5 Å². The molecule has 0 bridgehead atoms. The first-order valence-corrected chi connectivity index (χ1v) is 8.43. The Labute approximate surface area is 139 Å². The highest BCUT2D eigenvalue weighted by Gasteiger charge is 2.25. The molecule has 0 unspecified atom stereocenters. The Morgan fingerprint density at radius 3 is 2.70 bits per heavy atom. The van der Waals surface area contributed by atoms with Gasteiger partial charge in [0.2, 0.25) is 5.91 Å². The second-order valence-corrected chi connectivity index (χ2v) is 6.52. The molecule has 1 saturated carbocycles. The minimum Gasteiger partial charge on any atom is -0.356 e. The van der Waals surface area contributed by atoms with Gasteiger partial charge in [-0.05, 0) is 36.5 Å². The van der Waals surface area contributed by atoms with Crippen molar-refractivity contribution in [1.82, 2.24) is 10.6 Å². The number of rotatable bonds is 6. The summed E-state index contributed by atoms with van der Waals surface area (Å²) in [6, 6.07) is 7.96. The zero-order valence-electron chi connectivity index (χ0n) is 14.4. The van der Waals surface area contributed by atoms with Crippen molar-refractivity contribution in [2.45, 2.75) is 39.7 Å². The van der Waals surface area contributed by atoms with Gasteiger partial charge in [0.25, 0.3) is 0 Å². The van der Waals surface area contributed by atoms with Crippen LogP contribution in [0.25, 0.3) is 0 Å². The average Bonchev–Trinajstić information content (AvgIpc) is 2.45. The maximum Gasteiger partial charge on any atom is 0.227 e. The van der Waals surface area contributed by atoms with Gasteiger partial charge in [0.15, 0.2) is 5.96 Å². The summed E-state index contributed by atoms with van der Waals surface area (Å²) in [5, 5.41) is 9.59. The van der Waals surface area contributed by atoms with Crippen LogP contribution in [-0.2, 0) is 11.3 Å². The number of carbonyl (C=O) groups is 1. The van der Waals surface area contributed by atoms with Crippen LogP contribution in [0.15, 0.2) is 29.3 Å². The highest BCUT2D eigenvalue weighted by molar-refractivity contribution is 5.93. The molecule has 2 rings (SSSR count). The molecule has 1 aromatic carbocycles. The molecule has 0 spiro atoms. The first-order valence-electron chi connectivity index (χ1n) is 8.43. The zero-order chi connectivity index (χ0) is 16.7. The monoisotopic (exact) mass is 316 g/mol. The van der Waals surface area contributed by atoms with E-state index in [9.17, 15) is 4.79 Å². The summed E-state index contributed by atoms with van der Waals surface area (Å²) in [6.45, 7) is 5.88. The van der Waals surface area contributed by atoms with Crippen molar-refractivity contribution in [2.24, 2.45) is 16.8 Å². The van der Waals surface area contributed by atoms with Crippen LogP contribution in [0.2, 0.25) is 0 Å². The SMILES string of the molecule is CN=C(NCc1cccc(NC(=O)C2CCC2)c1)NCC(C)C. The van der Waals surface area contributed by atoms with E-state index in [0.29, 0.717) is 12.5 Å². The Hall–Kier alpha value is -2.04. The lowest BCUT2D eigenvalue weighted by Crippen LogP contribution is -2.38. The highest BCUT2D eigenvalue weighted by atomic mass is 16.1. The second-order valence-electron chi connectivity index (χ2n) is 6.52. The molecular formula is C18H28N4O. The predicted molar refractivity (Wildman–Crippen MR) is 95.5 cm³/mol. The summed E-state index contributed by atoms with van der Waals surface area (Å²) in [5.41, 5.74) is 1.98. The van der Waals surface area contributed by atoms with E-state index in [4.69, 9.17) is 0 Å². The van der Waals surface area contributed by atoms with Crippen molar-refractivity contribution in [3.8, 4) is 0 Å². The van der Waals surface area contributed by atoms with Crippen LogP contribution in [0.4, 0.5) is 5.69 Å². The molecule has 0 radical (unpaired) electrons. The van der Waals surface area contributed by atoms with Crippen LogP contribution in [0.3, 0.4) is 0 Å². The predicted octanol–water partition coefficient (Wildman–Crippen LogP) is 2.75. The molecule has 1 fully saturated rings. The molecule has 3 N–H and O–H groups in total. The molecule has 1 aliphatic rings. The van der Waals surface area contributed by atoms with Gasteiger partial charge in [-0.25, -0.2) is 0 Å². The summed E-state index contributed by atoms with van der Waals surface area (Å²) in [7, 11) is 1.77. The summed E-state index contributed by atoms with van der Waals surface area (Å²) >= 11 is 0. The van der Waals surface area contributed by atoms with Gasteiger partial charge in [0, 0.05) is 31.7 Å². The van der Waals surface area contributed by atoms with Gasteiger partial charge in [-0.15, -0.1) is 0 Å². The van der Waals surface area contributed by atoms with Gasteiger partial charge in [0.05, 0.1) is 0 Å². The third-order valence-corrected chi connectivity index (χ3v) is 4.03. The van der Waals surface area contributed by atoms with Crippen LogP contribution in [0.1, 0.15) is 38.7 Å². The van der Waals surface area contributed by atoms with E-state index >= 15 is 0 Å². The molecule has 0 atom stereocenters. The first-order chi connectivity index (χ1) is 11.1. The Balaban J connectivity index is 1.85. The van der Waals surface area contributed by atoms with E-state index in [2.05, 4.69) is 34.8 Å². The molecule has 23 heavy (non-hydrogen) atoms. The van der Waals surface area contributed by atoms with Gasteiger partial charge < -0.3 is 16.0 Å². The first kappa shape index (κ1) is 17.3. The molecule has 0 heterocycles. The molecule has 0 aliphatic heterocycles. The Morgan fingerprint density at radius 1 is 1.30 bits per heavy atom. The van der Waals surface area contributed by atoms with Crippen molar-refractivity contribution < 1.29 is 4.79 Å². The minimum absolute atomic E-state index is 0.149. The van der Waals surface area contributed by atoms with Crippen molar-refractivity contribution in [3.05, 3.63) is 29.8 Å². The number of hydrogen-bond acceptors (Lipinski definition) is 2. The summed E-state index contributed by atoms with van der Waals surface area (Å²) < 4.78 is 0. The molecule has 1 aliphatic carbocycles. The lowest BCUT2D eigenvalue weighted by atomic mass is 9.85. The minimum atomic E-state index is 0.149. The maximum atomic E-state index is 12.0. The highest BCUT2D eigenvalue weighted by Crippen LogP contribution is 2.27. The zero-order valence-corrected chi connectivity index (χ0v) is 14.4. The molecule has 5 nitrogen and oxygen atoms in total. The Morgan fingerprint density at radius 2 is 2.09 bits per heavy atom. The van der Waals surface area contributed by atoms with Crippen molar-refractivity contribution in [2.75, 3.05) is 18.9 Å². The number of guanidine groups is 1. The fourth-order valence-corrected chi connectivity index (χ4v) is 2.38. The van der Waals surface area contributed by atoms with Gasteiger partial charge in [0.1, 0.15) is 0 Å². The molecule has 0 aromatic heterocycles. The van der Waals surface area contributed by atoms with Crippen molar-refractivity contribution in [3.63, 3.8) is 0 Å². The Bertz CT molecular complexity index is 550. The van der Waals surface area contributed by atoms with Crippen LogP contribution < -0.4 is 16.0 Å². The largest absolute Gasteiger partial charge is 0.356 e. The quantitative estimate of drug-likeness (QED) is 0.558. The summed E-state index contributed by atoms with van der Waals surface area (Å²) in [5.74, 6) is 1.72. The summed E-state index contributed by atoms with van der Waals surface area (Å²) in [4.78, 5) is 16.2.